The highest BCUT2D eigenvalue weighted by Crippen LogP contribution is 2.33. The van der Waals surface area contributed by atoms with Crippen molar-refractivity contribution in [2.45, 2.75) is 20.3 Å². The molecule has 8 heteroatoms. The molecule has 2 aromatic carbocycles. The van der Waals surface area contributed by atoms with Crippen LogP contribution in [-0.4, -0.2) is 55.2 Å². The molecule has 3 aromatic rings. The Kier molecular flexibility index (Phi) is 8.30. The van der Waals surface area contributed by atoms with Crippen molar-refractivity contribution < 1.29 is 9.53 Å². The Morgan fingerprint density at radius 3 is 2.71 bits per heavy atom. The van der Waals surface area contributed by atoms with Gasteiger partial charge in [0, 0.05) is 31.7 Å². The Morgan fingerprint density at radius 1 is 1.23 bits per heavy atom. The Bertz CT molecular complexity index is 1050. The van der Waals surface area contributed by atoms with Crippen molar-refractivity contribution >= 4 is 56.6 Å². The summed E-state index contributed by atoms with van der Waals surface area (Å²) in [6.45, 7) is 9.03. The molecule has 1 aromatic heterocycles. The number of aryl methyl sites for hydroxylation is 2. The molecule has 0 N–H and O–H groups in total. The number of thiazole rings is 1. The molecule has 0 aliphatic carbocycles. The van der Waals surface area contributed by atoms with Crippen LogP contribution in [0.3, 0.4) is 0 Å². The van der Waals surface area contributed by atoms with Gasteiger partial charge in [0.2, 0.25) is 0 Å². The number of hydrogen-bond donors (Lipinski definition) is 0. The van der Waals surface area contributed by atoms with Crippen molar-refractivity contribution in [3.8, 4) is 0 Å². The van der Waals surface area contributed by atoms with E-state index in [1.165, 1.54) is 11.3 Å². The molecule has 4 rings (SSSR count). The lowest BCUT2D eigenvalue weighted by Crippen LogP contribution is -2.39. The maximum absolute atomic E-state index is 13.5. The van der Waals surface area contributed by atoms with Crippen molar-refractivity contribution in [2.75, 3.05) is 44.3 Å². The average Bonchev–Trinajstić information content (AvgIpc) is 3.17. The SMILES string of the molecule is Cc1ccc(C(=O)N(CCCN2CCOCC2)c2nc3c(Cl)cccc3s2)c(C)c1.Cl. The highest BCUT2D eigenvalue weighted by atomic mass is 35.5. The molecule has 5 nitrogen and oxygen atoms in total. The maximum Gasteiger partial charge on any atom is 0.260 e. The fraction of sp³-hybridized carbons (Fsp3) is 0.391. The number of halogens is 2. The van der Waals surface area contributed by atoms with Gasteiger partial charge in [-0.2, -0.15) is 0 Å². The molecule has 0 bridgehead atoms. The zero-order valence-corrected chi connectivity index (χ0v) is 20.2. The van der Waals surface area contributed by atoms with Crippen LogP contribution < -0.4 is 4.90 Å². The van der Waals surface area contributed by atoms with Gasteiger partial charge in [0.1, 0.15) is 5.52 Å². The third kappa shape index (κ3) is 5.57. The zero-order chi connectivity index (χ0) is 21.1. The fourth-order valence-electron chi connectivity index (χ4n) is 3.78. The second-order valence-corrected chi connectivity index (χ2v) is 9.08. The highest BCUT2D eigenvalue weighted by molar-refractivity contribution is 7.22. The molecular formula is C23H27Cl2N3O2S. The number of fused-ring (bicyclic) bond motifs is 1. The van der Waals surface area contributed by atoms with Gasteiger partial charge in [-0.05, 0) is 44.0 Å². The predicted octanol–water partition coefficient (Wildman–Crippen LogP) is 5.36. The molecule has 0 unspecified atom stereocenters. The highest BCUT2D eigenvalue weighted by Gasteiger charge is 2.23. The number of ether oxygens (including phenoxy) is 1. The minimum atomic E-state index is -0.00958. The van der Waals surface area contributed by atoms with Crippen LogP contribution in [0.15, 0.2) is 36.4 Å². The van der Waals surface area contributed by atoms with Crippen LogP contribution in [0.1, 0.15) is 27.9 Å². The number of rotatable bonds is 6. The van der Waals surface area contributed by atoms with E-state index in [1.807, 2.05) is 55.1 Å². The summed E-state index contributed by atoms with van der Waals surface area (Å²) < 4.78 is 6.42. The van der Waals surface area contributed by atoms with Crippen LogP contribution in [-0.2, 0) is 4.74 Å². The summed E-state index contributed by atoms with van der Waals surface area (Å²) in [4.78, 5) is 22.5. The Hall–Kier alpha value is -1.70. The predicted molar refractivity (Wildman–Crippen MR) is 131 cm³/mol. The summed E-state index contributed by atoms with van der Waals surface area (Å²) in [5, 5.41) is 1.31. The molecule has 1 amide bonds. The van der Waals surface area contributed by atoms with E-state index in [0.717, 1.165) is 66.2 Å². The number of benzene rings is 2. The minimum Gasteiger partial charge on any atom is -0.379 e. The molecular weight excluding hydrogens is 453 g/mol. The van der Waals surface area contributed by atoms with Gasteiger partial charge in [0.25, 0.3) is 5.91 Å². The third-order valence-corrected chi connectivity index (χ3v) is 6.76. The second-order valence-electron chi connectivity index (χ2n) is 7.67. The van der Waals surface area contributed by atoms with Gasteiger partial charge < -0.3 is 4.74 Å². The fourth-order valence-corrected chi connectivity index (χ4v) is 5.07. The maximum atomic E-state index is 13.5. The first-order chi connectivity index (χ1) is 14.5. The second kappa shape index (κ2) is 10.7. The largest absolute Gasteiger partial charge is 0.379 e. The third-order valence-electron chi connectivity index (χ3n) is 5.41. The smallest absolute Gasteiger partial charge is 0.260 e. The van der Waals surface area contributed by atoms with Gasteiger partial charge >= 0.3 is 0 Å². The summed E-state index contributed by atoms with van der Waals surface area (Å²) in [6.07, 6.45) is 0.875. The molecule has 0 saturated carbocycles. The molecule has 0 radical (unpaired) electrons. The monoisotopic (exact) mass is 479 g/mol. The van der Waals surface area contributed by atoms with Crippen LogP contribution >= 0.6 is 35.3 Å². The van der Waals surface area contributed by atoms with E-state index in [1.54, 1.807) is 0 Å². The molecule has 1 fully saturated rings. The Morgan fingerprint density at radius 2 is 2.00 bits per heavy atom. The van der Waals surface area contributed by atoms with Crippen molar-refractivity contribution in [1.82, 2.24) is 9.88 Å². The number of morpholine rings is 1. The van der Waals surface area contributed by atoms with E-state index in [2.05, 4.69) is 4.90 Å². The number of nitrogens with zero attached hydrogens (tertiary/aromatic N) is 3. The van der Waals surface area contributed by atoms with E-state index >= 15 is 0 Å². The molecule has 1 aliphatic heterocycles. The molecule has 0 spiro atoms. The van der Waals surface area contributed by atoms with E-state index in [0.29, 0.717) is 16.7 Å². The van der Waals surface area contributed by atoms with Gasteiger partial charge in [0.15, 0.2) is 5.13 Å². The lowest BCUT2D eigenvalue weighted by molar-refractivity contribution is 0.0376. The number of carbonyl (C=O) groups excluding carboxylic acids is 1. The molecule has 31 heavy (non-hydrogen) atoms. The standard InChI is InChI=1S/C23H26ClN3O2S.ClH/c1-16-7-8-18(17(2)15-16)22(28)27(10-4-9-26-11-13-29-14-12-26)23-25-21-19(24)5-3-6-20(21)30-23;/h3,5-8,15H,4,9-14H2,1-2H3;1H. The van der Waals surface area contributed by atoms with Crippen LogP contribution in [0.4, 0.5) is 5.13 Å². The van der Waals surface area contributed by atoms with Crippen molar-refractivity contribution in [3.63, 3.8) is 0 Å². The number of anilines is 1. The van der Waals surface area contributed by atoms with Crippen LogP contribution in [0.25, 0.3) is 10.2 Å². The van der Waals surface area contributed by atoms with Gasteiger partial charge in [-0.3, -0.25) is 14.6 Å². The molecule has 1 aliphatic rings. The van der Waals surface area contributed by atoms with Gasteiger partial charge in [0.05, 0.1) is 22.9 Å². The molecule has 2 heterocycles. The average molecular weight is 480 g/mol. The molecule has 0 atom stereocenters. The summed E-state index contributed by atoms with van der Waals surface area (Å²) in [7, 11) is 0. The van der Waals surface area contributed by atoms with Crippen LogP contribution in [0, 0.1) is 13.8 Å². The van der Waals surface area contributed by atoms with E-state index < -0.39 is 0 Å². The topological polar surface area (TPSA) is 45.7 Å². The van der Waals surface area contributed by atoms with E-state index in [4.69, 9.17) is 21.3 Å². The first-order valence-corrected chi connectivity index (χ1v) is 11.5. The van der Waals surface area contributed by atoms with Crippen LogP contribution in [0.5, 0.6) is 0 Å². The number of para-hydroxylation sites is 1. The van der Waals surface area contributed by atoms with Gasteiger partial charge in [-0.25, -0.2) is 4.98 Å². The Balaban J connectivity index is 0.00000272. The summed E-state index contributed by atoms with van der Waals surface area (Å²) in [5.41, 5.74) is 3.61. The Labute approximate surface area is 198 Å². The van der Waals surface area contributed by atoms with Crippen molar-refractivity contribution in [1.29, 1.82) is 0 Å². The van der Waals surface area contributed by atoms with Crippen molar-refractivity contribution in [2.24, 2.45) is 0 Å². The lowest BCUT2D eigenvalue weighted by atomic mass is 10.0. The molecule has 166 valence electrons. The van der Waals surface area contributed by atoms with Crippen molar-refractivity contribution in [3.05, 3.63) is 58.1 Å². The lowest BCUT2D eigenvalue weighted by Gasteiger charge is -2.28. The quantitative estimate of drug-likeness (QED) is 0.477. The van der Waals surface area contributed by atoms with Gasteiger partial charge in [-0.15, -0.1) is 12.4 Å². The number of hydrogen-bond acceptors (Lipinski definition) is 5. The number of amides is 1. The number of carbonyl (C=O) groups is 1. The zero-order valence-electron chi connectivity index (χ0n) is 17.8. The van der Waals surface area contributed by atoms with E-state index in [-0.39, 0.29) is 18.3 Å². The van der Waals surface area contributed by atoms with Gasteiger partial charge in [-0.1, -0.05) is 46.7 Å². The van der Waals surface area contributed by atoms with Crippen LogP contribution in [0.2, 0.25) is 5.02 Å². The first-order valence-electron chi connectivity index (χ1n) is 10.3. The molecule has 1 saturated heterocycles. The van der Waals surface area contributed by atoms with E-state index in [9.17, 15) is 4.79 Å². The normalized spacial score (nSPS) is 14.4. The minimum absolute atomic E-state index is 0. The summed E-state index contributed by atoms with van der Waals surface area (Å²) in [5.74, 6) is -0.00958. The summed E-state index contributed by atoms with van der Waals surface area (Å²) >= 11 is 7.86. The first kappa shape index (κ1) is 24.0. The summed E-state index contributed by atoms with van der Waals surface area (Å²) in [6, 6.07) is 11.7. The number of aromatic nitrogens is 1.